The van der Waals surface area contributed by atoms with Gasteiger partial charge in [-0.05, 0) is 12.1 Å². The van der Waals surface area contributed by atoms with Gasteiger partial charge in [-0.15, -0.1) is 0 Å². The Morgan fingerprint density at radius 3 is 2.90 bits per heavy atom. The van der Waals surface area contributed by atoms with Gasteiger partial charge in [0.1, 0.15) is 12.4 Å². The number of benzene rings is 1. The molecule has 0 aliphatic rings. The largest absolute Gasteiger partial charge is 0.497 e. The molecule has 0 saturated heterocycles. The topological polar surface area (TPSA) is 99.6 Å². The summed E-state index contributed by atoms with van der Waals surface area (Å²) >= 11 is 0. The molecule has 1 amide bonds. The van der Waals surface area contributed by atoms with Crippen LogP contribution < -0.4 is 15.8 Å². The highest BCUT2D eigenvalue weighted by Crippen LogP contribution is 2.24. The van der Waals surface area contributed by atoms with Crippen LogP contribution in [0.1, 0.15) is 16.2 Å². The highest BCUT2D eigenvalue weighted by Gasteiger charge is 2.14. The molecule has 1 heterocycles. The molecule has 2 rings (SSSR count). The summed E-state index contributed by atoms with van der Waals surface area (Å²) in [4.78, 5) is 12.0. The molecular weight excluding hydrogens is 262 g/mol. The Balaban J connectivity index is 2.14. The van der Waals surface area contributed by atoms with Crippen molar-refractivity contribution in [3.8, 4) is 5.75 Å². The zero-order valence-corrected chi connectivity index (χ0v) is 11.2. The Hall–Kier alpha value is -2.54. The van der Waals surface area contributed by atoms with Crippen LogP contribution in [0, 0.1) is 0 Å². The van der Waals surface area contributed by atoms with E-state index in [0.29, 0.717) is 22.9 Å². The molecule has 0 aliphatic heterocycles. The SMILES string of the molecule is COCc1cc(C(=O)Nc2cc(OC)ccc2N)no1. The van der Waals surface area contributed by atoms with E-state index >= 15 is 0 Å². The summed E-state index contributed by atoms with van der Waals surface area (Å²) in [5.74, 6) is 0.641. The molecule has 7 nitrogen and oxygen atoms in total. The van der Waals surface area contributed by atoms with Crippen LogP contribution in [-0.4, -0.2) is 25.3 Å². The van der Waals surface area contributed by atoms with Crippen molar-refractivity contribution >= 4 is 17.3 Å². The van der Waals surface area contributed by atoms with Crippen molar-refractivity contribution < 1.29 is 18.8 Å². The molecule has 3 N–H and O–H groups in total. The number of methoxy groups -OCH3 is 2. The average Bonchev–Trinajstić information content (AvgIpc) is 2.90. The van der Waals surface area contributed by atoms with Crippen LogP contribution in [0.4, 0.5) is 11.4 Å². The van der Waals surface area contributed by atoms with E-state index in [9.17, 15) is 4.79 Å². The number of carbonyl (C=O) groups excluding carboxylic acids is 1. The fourth-order valence-corrected chi connectivity index (χ4v) is 1.59. The maximum atomic E-state index is 12.0. The molecule has 0 fully saturated rings. The summed E-state index contributed by atoms with van der Waals surface area (Å²) in [6, 6.07) is 6.49. The molecule has 1 aromatic heterocycles. The lowest BCUT2D eigenvalue weighted by atomic mass is 10.2. The second-order valence-electron chi connectivity index (χ2n) is 4.02. The Kier molecular flexibility index (Phi) is 4.21. The number of hydrogen-bond acceptors (Lipinski definition) is 6. The van der Waals surface area contributed by atoms with Crippen molar-refractivity contribution in [3.05, 3.63) is 35.7 Å². The molecule has 0 saturated carbocycles. The maximum Gasteiger partial charge on any atom is 0.277 e. The molecule has 0 aliphatic carbocycles. The van der Waals surface area contributed by atoms with Crippen molar-refractivity contribution in [2.24, 2.45) is 0 Å². The van der Waals surface area contributed by atoms with Crippen molar-refractivity contribution in [3.63, 3.8) is 0 Å². The monoisotopic (exact) mass is 277 g/mol. The Morgan fingerprint density at radius 1 is 1.40 bits per heavy atom. The van der Waals surface area contributed by atoms with Gasteiger partial charge in [0.25, 0.3) is 5.91 Å². The molecule has 106 valence electrons. The molecule has 2 aromatic rings. The van der Waals surface area contributed by atoms with Gasteiger partial charge < -0.3 is 25.0 Å². The van der Waals surface area contributed by atoms with Crippen LogP contribution in [-0.2, 0) is 11.3 Å². The number of carbonyl (C=O) groups is 1. The number of ether oxygens (including phenoxy) is 2. The third-order valence-corrected chi connectivity index (χ3v) is 2.59. The summed E-state index contributed by atoms with van der Waals surface area (Å²) in [7, 11) is 3.06. The number of rotatable bonds is 5. The van der Waals surface area contributed by atoms with Crippen molar-refractivity contribution in [2.45, 2.75) is 6.61 Å². The van der Waals surface area contributed by atoms with Crippen LogP contribution in [0.5, 0.6) is 5.75 Å². The number of hydrogen-bond donors (Lipinski definition) is 2. The first-order valence-electron chi connectivity index (χ1n) is 5.83. The number of anilines is 2. The normalized spacial score (nSPS) is 10.3. The van der Waals surface area contributed by atoms with Gasteiger partial charge in [-0.25, -0.2) is 0 Å². The highest BCUT2D eigenvalue weighted by atomic mass is 16.5. The lowest BCUT2D eigenvalue weighted by Gasteiger charge is -2.08. The van der Waals surface area contributed by atoms with Crippen molar-refractivity contribution in [2.75, 3.05) is 25.3 Å². The molecule has 0 radical (unpaired) electrons. The smallest absolute Gasteiger partial charge is 0.277 e. The number of nitrogens with two attached hydrogens (primary N) is 1. The quantitative estimate of drug-likeness (QED) is 0.806. The van der Waals surface area contributed by atoms with Crippen LogP contribution in [0.25, 0.3) is 0 Å². The van der Waals surface area contributed by atoms with Crippen molar-refractivity contribution in [1.29, 1.82) is 0 Å². The second kappa shape index (κ2) is 6.07. The highest BCUT2D eigenvalue weighted by molar-refractivity contribution is 6.04. The summed E-state index contributed by atoms with van der Waals surface area (Å²) < 4.78 is 14.9. The lowest BCUT2D eigenvalue weighted by Crippen LogP contribution is -2.13. The Bertz CT molecular complexity index is 609. The van der Waals surface area contributed by atoms with E-state index in [1.165, 1.54) is 20.3 Å². The number of nitrogens with one attached hydrogen (secondary N) is 1. The minimum Gasteiger partial charge on any atom is -0.497 e. The van der Waals surface area contributed by atoms with Crippen LogP contribution in [0.3, 0.4) is 0 Å². The number of nitrogens with zero attached hydrogens (tertiary/aromatic N) is 1. The minimum atomic E-state index is -0.420. The van der Waals surface area contributed by atoms with Crippen LogP contribution in [0.15, 0.2) is 28.8 Å². The number of nitrogen functional groups attached to an aromatic ring is 1. The maximum absolute atomic E-state index is 12.0. The first kappa shape index (κ1) is 13.9. The van der Waals surface area contributed by atoms with Gasteiger partial charge in [-0.1, -0.05) is 5.16 Å². The second-order valence-corrected chi connectivity index (χ2v) is 4.02. The molecule has 0 atom stereocenters. The molecule has 20 heavy (non-hydrogen) atoms. The van der Waals surface area contributed by atoms with E-state index < -0.39 is 5.91 Å². The molecule has 0 unspecified atom stereocenters. The molecular formula is C13H15N3O4. The van der Waals surface area contributed by atoms with Gasteiger partial charge in [-0.2, -0.15) is 0 Å². The van der Waals surface area contributed by atoms with E-state index in [-0.39, 0.29) is 12.3 Å². The summed E-state index contributed by atoms with van der Waals surface area (Å²) in [6.07, 6.45) is 0. The lowest BCUT2D eigenvalue weighted by molar-refractivity contribution is 0.101. The van der Waals surface area contributed by atoms with Crippen molar-refractivity contribution in [1.82, 2.24) is 5.16 Å². The number of amides is 1. The van der Waals surface area contributed by atoms with Gasteiger partial charge in [0.05, 0.1) is 18.5 Å². The van der Waals surface area contributed by atoms with Crippen LogP contribution >= 0.6 is 0 Å². The van der Waals surface area contributed by atoms with E-state index in [2.05, 4.69) is 10.5 Å². The fourth-order valence-electron chi connectivity index (χ4n) is 1.59. The van der Waals surface area contributed by atoms with E-state index in [0.717, 1.165) is 0 Å². The van der Waals surface area contributed by atoms with E-state index in [1.54, 1.807) is 18.2 Å². The molecule has 0 spiro atoms. The molecule has 7 heteroatoms. The Labute approximate surface area is 115 Å². The van der Waals surface area contributed by atoms with Gasteiger partial charge in [0, 0.05) is 19.2 Å². The summed E-state index contributed by atoms with van der Waals surface area (Å²) in [6.45, 7) is 0.252. The Morgan fingerprint density at radius 2 is 2.20 bits per heavy atom. The van der Waals surface area contributed by atoms with E-state index in [1.807, 2.05) is 0 Å². The van der Waals surface area contributed by atoms with Gasteiger partial charge in [0.2, 0.25) is 0 Å². The first-order valence-corrected chi connectivity index (χ1v) is 5.83. The standard InChI is InChI=1S/C13H15N3O4/c1-18-7-9-6-12(16-20-9)13(17)15-11-5-8(19-2)3-4-10(11)14/h3-6H,7,14H2,1-2H3,(H,15,17). The zero-order valence-electron chi connectivity index (χ0n) is 11.2. The molecule has 1 aromatic carbocycles. The number of aromatic nitrogens is 1. The van der Waals surface area contributed by atoms with E-state index in [4.69, 9.17) is 19.7 Å². The predicted molar refractivity (Wildman–Crippen MR) is 72.6 cm³/mol. The first-order chi connectivity index (χ1) is 9.63. The third-order valence-electron chi connectivity index (χ3n) is 2.59. The molecule has 0 bridgehead atoms. The van der Waals surface area contributed by atoms with Gasteiger partial charge in [0.15, 0.2) is 11.5 Å². The van der Waals surface area contributed by atoms with Gasteiger partial charge in [-0.3, -0.25) is 4.79 Å². The minimum absolute atomic E-state index is 0.152. The summed E-state index contributed by atoms with van der Waals surface area (Å²) in [5.41, 5.74) is 6.82. The predicted octanol–water partition coefficient (Wildman–Crippen LogP) is 1.66. The third kappa shape index (κ3) is 3.07. The zero-order chi connectivity index (χ0) is 14.5. The fraction of sp³-hybridized carbons (Fsp3) is 0.231. The summed E-state index contributed by atoms with van der Waals surface area (Å²) in [5, 5.41) is 6.31. The average molecular weight is 277 g/mol. The van der Waals surface area contributed by atoms with Gasteiger partial charge >= 0.3 is 0 Å². The van der Waals surface area contributed by atoms with Crippen LogP contribution in [0.2, 0.25) is 0 Å².